The van der Waals surface area contributed by atoms with Gasteiger partial charge in [0.15, 0.2) is 0 Å². The maximum Gasteiger partial charge on any atom is 0.305 e. The van der Waals surface area contributed by atoms with Crippen molar-refractivity contribution in [2.45, 2.75) is 38.1 Å². The van der Waals surface area contributed by atoms with Gasteiger partial charge in [0.05, 0.1) is 6.42 Å². The molecule has 0 spiro atoms. The van der Waals surface area contributed by atoms with Crippen LogP contribution in [-0.2, 0) is 23.2 Å². The molecular weight excluding hydrogens is 202 g/mol. The van der Waals surface area contributed by atoms with Crippen LogP contribution < -0.4 is 5.73 Å². The Hall–Kier alpha value is -1.35. The van der Waals surface area contributed by atoms with Crippen molar-refractivity contribution in [3.63, 3.8) is 0 Å². The van der Waals surface area contributed by atoms with Gasteiger partial charge in [-0.05, 0) is 42.9 Å². The molecule has 0 aromatic heterocycles. The summed E-state index contributed by atoms with van der Waals surface area (Å²) in [5.41, 5.74) is 8.92. The van der Waals surface area contributed by atoms with E-state index in [2.05, 4.69) is 12.1 Å². The molecular formula is C13H17NO2. The Morgan fingerprint density at radius 2 is 2.12 bits per heavy atom. The van der Waals surface area contributed by atoms with E-state index in [4.69, 9.17) is 10.8 Å². The maximum absolute atomic E-state index is 10.7. The average molecular weight is 219 g/mol. The lowest BCUT2D eigenvalue weighted by atomic mass is 9.88. The van der Waals surface area contributed by atoms with Crippen LogP contribution in [0.3, 0.4) is 0 Å². The van der Waals surface area contributed by atoms with Crippen molar-refractivity contribution in [3.8, 4) is 0 Å². The molecule has 2 rings (SSSR count). The van der Waals surface area contributed by atoms with Gasteiger partial charge in [0.25, 0.3) is 0 Å². The van der Waals surface area contributed by atoms with Gasteiger partial charge in [-0.1, -0.05) is 18.2 Å². The third-order valence-corrected chi connectivity index (χ3v) is 3.28. The fraction of sp³-hybridized carbons (Fsp3) is 0.462. The van der Waals surface area contributed by atoms with Crippen LogP contribution >= 0.6 is 0 Å². The Balaban J connectivity index is 2.30. The van der Waals surface area contributed by atoms with E-state index < -0.39 is 11.5 Å². The highest BCUT2D eigenvalue weighted by atomic mass is 16.4. The van der Waals surface area contributed by atoms with E-state index in [0.29, 0.717) is 0 Å². The molecule has 16 heavy (non-hydrogen) atoms. The van der Waals surface area contributed by atoms with Crippen LogP contribution in [0, 0.1) is 0 Å². The van der Waals surface area contributed by atoms with E-state index in [1.807, 2.05) is 6.07 Å². The number of benzene rings is 1. The van der Waals surface area contributed by atoms with Gasteiger partial charge in [-0.25, -0.2) is 0 Å². The van der Waals surface area contributed by atoms with Crippen LogP contribution in [0.15, 0.2) is 18.2 Å². The molecule has 1 aromatic carbocycles. The van der Waals surface area contributed by atoms with Crippen molar-refractivity contribution in [1.29, 1.82) is 0 Å². The minimum absolute atomic E-state index is 0.0359. The molecule has 0 aliphatic heterocycles. The van der Waals surface area contributed by atoms with Crippen molar-refractivity contribution in [2.75, 3.05) is 0 Å². The number of nitrogens with two attached hydrogens (primary N) is 1. The molecule has 0 radical (unpaired) electrons. The second-order valence-electron chi connectivity index (χ2n) is 4.83. The first-order valence-electron chi connectivity index (χ1n) is 5.62. The molecule has 1 aromatic rings. The number of hydrogen-bond acceptors (Lipinski definition) is 2. The second-order valence-corrected chi connectivity index (χ2v) is 4.83. The lowest BCUT2D eigenvalue weighted by molar-refractivity contribution is -0.138. The highest BCUT2D eigenvalue weighted by Crippen LogP contribution is 2.28. The normalized spacial score (nSPS) is 17.9. The molecule has 0 saturated heterocycles. The SMILES string of the molecule is CC(N)(CC(=O)O)c1ccc2c(c1)CCC2. The number of aliphatic carboxylic acids is 1. The zero-order valence-electron chi connectivity index (χ0n) is 9.49. The van der Waals surface area contributed by atoms with Crippen molar-refractivity contribution >= 4 is 5.97 Å². The molecule has 3 nitrogen and oxygen atoms in total. The largest absolute Gasteiger partial charge is 0.481 e. The van der Waals surface area contributed by atoms with E-state index in [1.165, 1.54) is 17.5 Å². The zero-order chi connectivity index (χ0) is 11.8. The third kappa shape index (κ3) is 2.09. The number of carboxylic acid groups (broad SMARTS) is 1. The van der Waals surface area contributed by atoms with Crippen LogP contribution in [0.25, 0.3) is 0 Å². The molecule has 0 bridgehead atoms. The highest BCUT2D eigenvalue weighted by molar-refractivity contribution is 5.68. The molecule has 1 atom stereocenters. The van der Waals surface area contributed by atoms with Gasteiger partial charge in [-0.3, -0.25) is 4.79 Å². The summed E-state index contributed by atoms with van der Waals surface area (Å²) in [6.07, 6.45) is 3.38. The zero-order valence-corrected chi connectivity index (χ0v) is 9.49. The number of carboxylic acids is 1. The summed E-state index contributed by atoms with van der Waals surface area (Å²) in [4.78, 5) is 10.7. The van der Waals surface area contributed by atoms with E-state index in [9.17, 15) is 4.79 Å². The van der Waals surface area contributed by atoms with Crippen LogP contribution in [0.1, 0.15) is 36.5 Å². The van der Waals surface area contributed by atoms with E-state index in [1.54, 1.807) is 6.92 Å². The topological polar surface area (TPSA) is 63.3 Å². The predicted octanol–water partition coefficient (Wildman–Crippen LogP) is 1.82. The summed E-state index contributed by atoms with van der Waals surface area (Å²) in [6, 6.07) is 6.13. The molecule has 0 heterocycles. The molecule has 1 unspecified atom stereocenters. The summed E-state index contributed by atoms with van der Waals surface area (Å²) in [5, 5.41) is 8.82. The fourth-order valence-electron chi connectivity index (χ4n) is 2.34. The smallest absolute Gasteiger partial charge is 0.305 e. The van der Waals surface area contributed by atoms with Crippen LogP contribution in [0.2, 0.25) is 0 Å². The Bertz CT molecular complexity index is 424. The molecule has 86 valence electrons. The Labute approximate surface area is 95.3 Å². The molecule has 0 saturated carbocycles. The Morgan fingerprint density at radius 1 is 1.44 bits per heavy atom. The van der Waals surface area contributed by atoms with Crippen molar-refractivity contribution in [1.82, 2.24) is 0 Å². The first kappa shape index (κ1) is 11.1. The molecule has 0 fully saturated rings. The molecule has 1 aliphatic carbocycles. The molecule has 1 aliphatic rings. The van der Waals surface area contributed by atoms with Gasteiger partial charge >= 0.3 is 5.97 Å². The number of carbonyl (C=O) groups is 1. The molecule has 3 N–H and O–H groups in total. The van der Waals surface area contributed by atoms with Gasteiger partial charge in [0, 0.05) is 5.54 Å². The van der Waals surface area contributed by atoms with E-state index in [0.717, 1.165) is 18.4 Å². The average Bonchev–Trinajstić information content (AvgIpc) is 2.61. The van der Waals surface area contributed by atoms with Crippen molar-refractivity contribution < 1.29 is 9.90 Å². The predicted molar refractivity (Wildman–Crippen MR) is 62.3 cm³/mol. The number of fused-ring (bicyclic) bond motifs is 1. The standard InChI is InChI=1S/C13H17NO2/c1-13(14,8-12(15)16)11-6-5-9-3-2-4-10(9)7-11/h5-7H,2-4,8,14H2,1H3,(H,15,16). The summed E-state index contributed by atoms with van der Waals surface area (Å²) in [7, 11) is 0. The van der Waals surface area contributed by atoms with Gasteiger partial charge in [0.1, 0.15) is 0 Å². The van der Waals surface area contributed by atoms with Crippen LogP contribution in [0.5, 0.6) is 0 Å². The lowest BCUT2D eigenvalue weighted by Crippen LogP contribution is -2.35. The van der Waals surface area contributed by atoms with Crippen LogP contribution in [0.4, 0.5) is 0 Å². The highest BCUT2D eigenvalue weighted by Gasteiger charge is 2.26. The van der Waals surface area contributed by atoms with E-state index >= 15 is 0 Å². The van der Waals surface area contributed by atoms with Crippen molar-refractivity contribution in [2.24, 2.45) is 5.73 Å². The minimum atomic E-state index is -0.856. The number of hydrogen-bond donors (Lipinski definition) is 2. The second kappa shape index (κ2) is 3.91. The van der Waals surface area contributed by atoms with E-state index in [-0.39, 0.29) is 6.42 Å². The first-order valence-corrected chi connectivity index (χ1v) is 5.62. The number of aryl methyl sites for hydroxylation is 2. The summed E-state index contributed by atoms with van der Waals surface area (Å²) in [5.74, 6) is -0.856. The van der Waals surface area contributed by atoms with Crippen molar-refractivity contribution in [3.05, 3.63) is 34.9 Å². The summed E-state index contributed by atoms with van der Waals surface area (Å²) < 4.78 is 0. The Morgan fingerprint density at radius 3 is 2.81 bits per heavy atom. The molecule has 0 amide bonds. The quantitative estimate of drug-likeness (QED) is 0.815. The minimum Gasteiger partial charge on any atom is -0.481 e. The van der Waals surface area contributed by atoms with Gasteiger partial charge in [-0.15, -0.1) is 0 Å². The number of rotatable bonds is 3. The van der Waals surface area contributed by atoms with Crippen LogP contribution in [-0.4, -0.2) is 11.1 Å². The van der Waals surface area contributed by atoms with Gasteiger partial charge in [0.2, 0.25) is 0 Å². The Kier molecular flexibility index (Phi) is 2.72. The maximum atomic E-state index is 10.7. The van der Waals surface area contributed by atoms with Gasteiger partial charge in [-0.2, -0.15) is 0 Å². The monoisotopic (exact) mass is 219 g/mol. The molecule has 3 heteroatoms. The third-order valence-electron chi connectivity index (χ3n) is 3.28. The summed E-state index contributed by atoms with van der Waals surface area (Å²) in [6.45, 7) is 1.78. The fourth-order valence-corrected chi connectivity index (χ4v) is 2.34. The van der Waals surface area contributed by atoms with Gasteiger partial charge < -0.3 is 10.8 Å². The lowest BCUT2D eigenvalue weighted by Gasteiger charge is -2.23. The summed E-state index contributed by atoms with van der Waals surface area (Å²) >= 11 is 0. The first-order chi connectivity index (χ1) is 7.49.